The zero-order valence-electron chi connectivity index (χ0n) is 18.7. The lowest BCUT2D eigenvalue weighted by Crippen LogP contribution is -2.54. The average molecular weight is 453 g/mol. The summed E-state index contributed by atoms with van der Waals surface area (Å²) < 4.78 is 14.9. The predicted molar refractivity (Wildman–Crippen MR) is 115 cm³/mol. The molecule has 0 unspecified atom stereocenters. The number of allylic oxidation sites excluding steroid dienone is 1. The van der Waals surface area contributed by atoms with Crippen LogP contribution in [0.1, 0.15) is 20.3 Å². The molecular formula is C23H32O9. The second-order valence-corrected chi connectivity index (χ2v) is 8.03. The molecule has 0 aromatic rings. The number of esters is 3. The number of hydrogen-bond acceptors (Lipinski definition) is 9. The van der Waals surface area contributed by atoms with E-state index in [0.717, 1.165) is 14.0 Å². The Labute approximate surface area is 187 Å². The Hall–Kier alpha value is -2.75. The van der Waals surface area contributed by atoms with Crippen LogP contribution in [0.2, 0.25) is 0 Å². The summed E-state index contributed by atoms with van der Waals surface area (Å²) in [5.41, 5.74) is -1.06. The molecule has 1 fully saturated rings. The molecule has 32 heavy (non-hydrogen) atoms. The third-order valence-corrected chi connectivity index (χ3v) is 5.79. The highest BCUT2D eigenvalue weighted by molar-refractivity contribution is 5.90. The largest absolute Gasteiger partial charge is 0.466 e. The van der Waals surface area contributed by atoms with E-state index >= 15 is 0 Å². The Balaban J connectivity index is 3.28. The quantitative estimate of drug-likeness (QED) is 0.190. The molecule has 0 aromatic carbocycles. The van der Waals surface area contributed by atoms with Crippen molar-refractivity contribution in [3.05, 3.63) is 49.1 Å². The minimum Gasteiger partial charge on any atom is -0.466 e. The van der Waals surface area contributed by atoms with E-state index in [9.17, 15) is 29.7 Å². The number of carbonyl (C=O) groups excluding carboxylic acids is 3. The van der Waals surface area contributed by atoms with E-state index in [2.05, 4.69) is 31.1 Å². The zero-order chi connectivity index (χ0) is 24.8. The zero-order valence-corrected chi connectivity index (χ0v) is 18.7. The summed E-state index contributed by atoms with van der Waals surface area (Å²) in [6.45, 7) is 16.8. The van der Waals surface area contributed by atoms with E-state index in [4.69, 9.17) is 9.47 Å². The second-order valence-electron chi connectivity index (χ2n) is 8.03. The predicted octanol–water partition coefficient (Wildman–Crippen LogP) is 0.845. The Bertz CT molecular complexity index is 799. The number of aliphatic hydroxyl groups is 3. The van der Waals surface area contributed by atoms with Gasteiger partial charge >= 0.3 is 17.9 Å². The van der Waals surface area contributed by atoms with Gasteiger partial charge in [-0.1, -0.05) is 32.7 Å². The van der Waals surface area contributed by atoms with Crippen LogP contribution in [0.25, 0.3) is 0 Å². The van der Waals surface area contributed by atoms with Crippen molar-refractivity contribution < 1.29 is 43.9 Å². The summed E-state index contributed by atoms with van der Waals surface area (Å²) in [7, 11) is 1.15. The highest BCUT2D eigenvalue weighted by atomic mass is 16.6. The van der Waals surface area contributed by atoms with Crippen LogP contribution in [0.3, 0.4) is 0 Å². The Kier molecular flexibility index (Phi) is 9.56. The van der Waals surface area contributed by atoms with Gasteiger partial charge < -0.3 is 29.5 Å². The average Bonchev–Trinajstić information content (AvgIpc) is 2.75. The maximum absolute atomic E-state index is 12.6. The van der Waals surface area contributed by atoms with E-state index in [1.807, 2.05) is 0 Å². The maximum Gasteiger partial charge on any atom is 0.336 e. The molecule has 178 valence electrons. The summed E-state index contributed by atoms with van der Waals surface area (Å²) in [4.78, 5) is 35.8. The monoisotopic (exact) mass is 452 g/mol. The molecule has 1 aliphatic carbocycles. The van der Waals surface area contributed by atoms with E-state index in [-0.39, 0.29) is 17.6 Å². The van der Waals surface area contributed by atoms with Crippen LogP contribution in [-0.2, 0) is 28.6 Å². The fourth-order valence-electron chi connectivity index (χ4n) is 3.98. The molecule has 1 saturated carbocycles. The first-order valence-corrected chi connectivity index (χ1v) is 9.93. The van der Waals surface area contributed by atoms with E-state index in [0.29, 0.717) is 5.57 Å². The molecule has 9 heteroatoms. The van der Waals surface area contributed by atoms with Gasteiger partial charge in [-0.15, -0.1) is 6.58 Å². The Morgan fingerprint density at radius 2 is 1.81 bits per heavy atom. The third-order valence-electron chi connectivity index (χ3n) is 5.79. The standard InChI is InChI=1S/C23H32O9/c1-8-23(6)9-17(32-22(29)13(3)16(26)11-31-15(5)25)18(14(4)21(28)30-7)20(27)19(23)12(2)10-24/h8,16-20,24,26-27H,1-4,9-11H2,5-7H3/t16-,17+,18+,19+,20+,23+/m0/s1. The molecule has 9 nitrogen and oxygen atoms in total. The van der Waals surface area contributed by atoms with Gasteiger partial charge in [-0.2, -0.15) is 0 Å². The van der Waals surface area contributed by atoms with Gasteiger partial charge in [0.25, 0.3) is 0 Å². The van der Waals surface area contributed by atoms with Gasteiger partial charge in [0, 0.05) is 18.4 Å². The molecule has 0 spiro atoms. The van der Waals surface area contributed by atoms with Crippen LogP contribution in [0.15, 0.2) is 49.1 Å². The minimum atomic E-state index is -1.50. The highest BCUT2D eigenvalue weighted by Gasteiger charge is 2.53. The molecule has 0 bridgehead atoms. The van der Waals surface area contributed by atoms with E-state index < -0.39 is 66.7 Å². The summed E-state index contributed by atoms with van der Waals surface area (Å²) in [6, 6.07) is 0. The van der Waals surface area contributed by atoms with Crippen molar-refractivity contribution in [2.24, 2.45) is 17.3 Å². The molecule has 0 radical (unpaired) electrons. The second kappa shape index (κ2) is 11.2. The lowest BCUT2D eigenvalue weighted by molar-refractivity contribution is -0.163. The first kappa shape index (κ1) is 27.3. The Morgan fingerprint density at radius 1 is 1.22 bits per heavy atom. The molecule has 0 heterocycles. The van der Waals surface area contributed by atoms with Crippen LogP contribution >= 0.6 is 0 Å². The molecule has 0 aliphatic heterocycles. The van der Waals surface area contributed by atoms with Crippen molar-refractivity contribution in [3.8, 4) is 0 Å². The minimum absolute atomic E-state index is 0.0942. The number of aliphatic hydroxyl groups excluding tert-OH is 3. The summed E-state index contributed by atoms with van der Waals surface area (Å²) in [5.74, 6) is -4.27. The number of carbonyl (C=O) groups is 3. The highest BCUT2D eigenvalue weighted by Crippen LogP contribution is 2.50. The van der Waals surface area contributed by atoms with Gasteiger partial charge in [-0.05, 0) is 17.4 Å². The van der Waals surface area contributed by atoms with Crippen LogP contribution in [0.5, 0.6) is 0 Å². The molecular weight excluding hydrogens is 420 g/mol. The number of ether oxygens (including phenoxy) is 3. The molecule has 0 saturated heterocycles. The normalized spacial score (nSPS) is 28.1. The first-order valence-electron chi connectivity index (χ1n) is 9.93. The van der Waals surface area contributed by atoms with Crippen molar-refractivity contribution in [2.45, 2.75) is 38.6 Å². The fourth-order valence-corrected chi connectivity index (χ4v) is 3.98. The smallest absolute Gasteiger partial charge is 0.336 e. The van der Waals surface area contributed by atoms with Crippen LogP contribution < -0.4 is 0 Å². The van der Waals surface area contributed by atoms with Gasteiger partial charge in [-0.3, -0.25) is 4.79 Å². The van der Waals surface area contributed by atoms with Crippen LogP contribution in [0, 0.1) is 17.3 Å². The number of methoxy groups -OCH3 is 1. The Morgan fingerprint density at radius 3 is 2.28 bits per heavy atom. The van der Waals surface area contributed by atoms with Gasteiger partial charge in [-0.25, -0.2) is 9.59 Å². The van der Waals surface area contributed by atoms with Crippen molar-refractivity contribution in [2.75, 3.05) is 20.3 Å². The molecule has 6 atom stereocenters. The topological polar surface area (TPSA) is 140 Å². The fraction of sp³-hybridized carbons (Fsp3) is 0.522. The SMILES string of the molecule is C=C[C@]1(C)C[C@@H](OC(=O)C(=C)[C@@H](O)COC(C)=O)[C@@H](C(=C)C(=O)OC)[C@@H](O)[C@H]1C(=C)CO. The molecule has 3 N–H and O–H groups in total. The van der Waals surface area contributed by atoms with Gasteiger partial charge in [0.15, 0.2) is 0 Å². The molecule has 0 aromatic heterocycles. The van der Waals surface area contributed by atoms with E-state index in [1.165, 1.54) is 0 Å². The first-order chi connectivity index (χ1) is 14.8. The summed E-state index contributed by atoms with van der Waals surface area (Å²) in [6.07, 6.45) is -2.25. The lowest BCUT2D eigenvalue weighted by atomic mass is 9.58. The summed E-state index contributed by atoms with van der Waals surface area (Å²) >= 11 is 0. The van der Waals surface area contributed by atoms with Crippen molar-refractivity contribution in [1.29, 1.82) is 0 Å². The van der Waals surface area contributed by atoms with Crippen molar-refractivity contribution in [1.82, 2.24) is 0 Å². The van der Waals surface area contributed by atoms with E-state index in [1.54, 1.807) is 13.0 Å². The van der Waals surface area contributed by atoms with Crippen molar-refractivity contribution >= 4 is 17.9 Å². The van der Waals surface area contributed by atoms with Gasteiger partial charge in [0.2, 0.25) is 0 Å². The van der Waals surface area contributed by atoms with Gasteiger partial charge in [0.05, 0.1) is 31.3 Å². The van der Waals surface area contributed by atoms with Crippen molar-refractivity contribution in [3.63, 3.8) is 0 Å². The molecule has 1 rings (SSSR count). The lowest BCUT2D eigenvalue weighted by Gasteiger charge is -2.50. The number of hydrogen-bond donors (Lipinski definition) is 3. The van der Waals surface area contributed by atoms with Gasteiger partial charge in [0.1, 0.15) is 18.8 Å². The maximum atomic E-state index is 12.6. The third kappa shape index (κ3) is 5.93. The van der Waals surface area contributed by atoms with Crippen LogP contribution in [0.4, 0.5) is 0 Å². The molecule has 0 amide bonds. The van der Waals surface area contributed by atoms with Crippen LogP contribution in [-0.4, -0.2) is 71.9 Å². The molecule has 1 aliphatic rings. The summed E-state index contributed by atoms with van der Waals surface area (Å²) in [5, 5.41) is 30.8. The number of rotatable bonds is 10.